The van der Waals surface area contributed by atoms with E-state index in [4.69, 9.17) is 0 Å². The number of aromatic carboxylic acids is 1. The molecule has 1 atom stereocenters. The zero-order chi connectivity index (χ0) is 23.4. The van der Waals surface area contributed by atoms with Gasteiger partial charge in [-0.3, -0.25) is 4.72 Å². The minimum atomic E-state index is -3.98. The van der Waals surface area contributed by atoms with Crippen LogP contribution in [0, 0.1) is 0 Å². The number of rotatable bonds is 8. The summed E-state index contributed by atoms with van der Waals surface area (Å²) in [4.78, 5) is 14.6. The highest BCUT2D eigenvalue weighted by Crippen LogP contribution is 2.32. The van der Waals surface area contributed by atoms with Crippen molar-refractivity contribution in [3.8, 4) is 0 Å². The lowest BCUT2D eigenvalue weighted by molar-refractivity contribution is 0.0696. The lowest BCUT2D eigenvalue weighted by Crippen LogP contribution is -2.27. The van der Waals surface area contributed by atoms with E-state index >= 15 is 0 Å². The number of carbonyl (C=O) groups is 1. The second-order valence-corrected chi connectivity index (χ2v) is 10.7. The molecule has 33 heavy (non-hydrogen) atoms. The van der Waals surface area contributed by atoms with Gasteiger partial charge in [-0.25, -0.2) is 13.2 Å². The number of para-hydroxylation sites is 1. The number of aryl methyl sites for hydroxylation is 1. The zero-order valence-corrected chi connectivity index (χ0v) is 20.0. The fraction of sp³-hybridized carbons (Fsp3) is 0.480. The van der Waals surface area contributed by atoms with Crippen LogP contribution < -0.4 is 10.0 Å². The van der Waals surface area contributed by atoms with E-state index in [1.165, 1.54) is 6.42 Å². The van der Waals surface area contributed by atoms with E-state index in [2.05, 4.69) is 22.0 Å². The Labute approximate surface area is 196 Å². The number of likely N-dealkylation sites (tertiary alicyclic amines) is 1. The van der Waals surface area contributed by atoms with Gasteiger partial charge < -0.3 is 15.3 Å². The summed E-state index contributed by atoms with van der Waals surface area (Å²) in [5.74, 6) is -1.10. The van der Waals surface area contributed by atoms with Gasteiger partial charge in [-0.05, 0) is 87.9 Å². The third-order valence-electron chi connectivity index (χ3n) is 6.88. The molecular formula is C25H33N3O4S. The van der Waals surface area contributed by atoms with E-state index in [9.17, 15) is 18.3 Å². The molecule has 1 unspecified atom stereocenters. The third-order valence-corrected chi connectivity index (χ3v) is 8.31. The Bertz CT molecular complexity index is 1120. The Kier molecular flexibility index (Phi) is 7.24. The van der Waals surface area contributed by atoms with Crippen molar-refractivity contribution in [1.82, 2.24) is 4.90 Å². The molecule has 0 aromatic heterocycles. The van der Waals surface area contributed by atoms with E-state index in [1.807, 2.05) is 6.07 Å². The highest BCUT2D eigenvalue weighted by molar-refractivity contribution is 7.92. The van der Waals surface area contributed by atoms with Crippen molar-refractivity contribution < 1.29 is 18.3 Å². The predicted octanol–water partition coefficient (Wildman–Crippen LogP) is 4.35. The molecule has 1 fully saturated rings. The first kappa shape index (κ1) is 23.6. The SMILES string of the molecule is CN1CCCC1CCNc1ccccc1S(=O)(=O)Nc1ccc2c(c1C(=O)O)CCCCC2. The molecule has 3 N–H and O–H groups in total. The lowest BCUT2D eigenvalue weighted by atomic mass is 9.96. The van der Waals surface area contributed by atoms with E-state index in [-0.39, 0.29) is 16.1 Å². The summed E-state index contributed by atoms with van der Waals surface area (Å²) < 4.78 is 29.3. The van der Waals surface area contributed by atoms with E-state index < -0.39 is 16.0 Å². The molecule has 2 aromatic carbocycles. The summed E-state index contributed by atoms with van der Waals surface area (Å²) in [6.45, 7) is 1.77. The minimum Gasteiger partial charge on any atom is -0.478 e. The van der Waals surface area contributed by atoms with Crippen molar-refractivity contribution in [2.45, 2.75) is 62.3 Å². The summed E-state index contributed by atoms with van der Waals surface area (Å²) in [5.41, 5.74) is 2.49. The number of benzene rings is 2. The quantitative estimate of drug-likeness (QED) is 0.495. The van der Waals surface area contributed by atoms with Crippen LogP contribution in [-0.2, 0) is 22.9 Å². The largest absolute Gasteiger partial charge is 0.478 e. The first-order valence-electron chi connectivity index (χ1n) is 11.8. The van der Waals surface area contributed by atoms with Crippen LogP contribution in [0.25, 0.3) is 0 Å². The molecule has 0 spiro atoms. The van der Waals surface area contributed by atoms with Crippen LogP contribution >= 0.6 is 0 Å². The molecule has 1 saturated heterocycles. The van der Waals surface area contributed by atoms with Gasteiger partial charge in [0.2, 0.25) is 0 Å². The Balaban J connectivity index is 1.57. The van der Waals surface area contributed by atoms with E-state index in [0.717, 1.165) is 56.2 Å². The molecule has 8 heteroatoms. The van der Waals surface area contributed by atoms with Gasteiger partial charge in [0.15, 0.2) is 0 Å². The molecule has 1 aliphatic carbocycles. The average Bonchev–Trinajstić information content (AvgIpc) is 3.04. The highest BCUT2D eigenvalue weighted by Gasteiger charge is 2.26. The van der Waals surface area contributed by atoms with Crippen LogP contribution in [0.1, 0.15) is 60.0 Å². The van der Waals surface area contributed by atoms with Crippen LogP contribution in [-0.4, -0.2) is 50.6 Å². The number of sulfonamides is 1. The van der Waals surface area contributed by atoms with Gasteiger partial charge >= 0.3 is 5.97 Å². The predicted molar refractivity (Wildman–Crippen MR) is 131 cm³/mol. The highest BCUT2D eigenvalue weighted by atomic mass is 32.2. The van der Waals surface area contributed by atoms with Crippen LogP contribution in [0.4, 0.5) is 11.4 Å². The molecule has 2 aromatic rings. The second-order valence-electron chi connectivity index (χ2n) is 9.09. The molecule has 0 saturated carbocycles. The normalized spacial score (nSPS) is 19.0. The molecule has 1 heterocycles. The van der Waals surface area contributed by atoms with Gasteiger partial charge in [0.1, 0.15) is 4.90 Å². The third kappa shape index (κ3) is 5.33. The van der Waals surface area contributed by atoms with Gasteiger partial charge in [-0.1, -0.05) is 24.6 Å². The summed E-state index contributed by atoms with van der Waals surface area (Å²) in [7, 11) is -1.86. The number of hydrogen-bond acceptors (Lipinski definition) is 5. The standard InChI is InChI=1S/C25H33N3O4S/c1-28-17-7-9-19(28)15-16-26-21-11-5-6-12-23(21)33(31,32)27-22-14-13-18-8-3-2-4-10-20(18)24(22)25(29)30/h5-6,11-14,19,26-27H,2-4,7-10,15-17H2,1H3,(H,29,30). The number of fused-ring (bicyclic) bond motifs is 1. The summed E-state index contributed by atoms with van der Waals surface area (Å²) in [5, 5.41) is 13.2. The molecule has 0 bridgehead atoms. The van der Waals surface area contributed by atoms with Crippen molar-refractivity contribution in [3.63, 3.8) is 0 Å². The molecule has 2 aliphatic rings. The van der Waals surface area contributed by atoms with Crippen molar-refractivity contribution in [2.24, 2.45) is 0 Å². The van der Waals surface area contributed by atoms with Gasteiger partial charge in [0.25, 0.3) is 10.0 Å². The van der Waals surface area contributed by atoms with Crippen LogP contribution in [0.15, 0.2) is 41.3 Å². The van der Waals surface area contributed by atoms with Gasteiger partial charge in [-0.15, -0.1) is 0 Å². The maximum absolute atomic E-state index is 13.4. The van der Waals surface area contributed by atoms with Gasteiger partial charge in [-0.2, -0.15) is 0 Å². The first-order chi connectivity index (χ1) is 15.9. The molecule has 4 rings (SSSR count). The van der Waals surface area contributed by atoms with Gasteiger partial charge in [0, 0.05) is 12.6 Å². The molecule has 0 amide bonds. The first-order valence-corrected chi connectivity index (χ1v) is 13.3. The average molecular weight is 472 g/mol. The summed E-state index contributed by atoms with van der Waals surface area (Å²) in [6.07, 6.45) is 7.75. The van der Waals surface area contributed by atoms with Crippen molar-refractivity contribution in [3.05, 3.63) is 53.1 Å². The number of carboxylic acids is 1. The Morgan fingerprint density at radius 3 is 2.61 bits per heavy atom. The molecule has 0 radical (unpaired) electrons. The van der Waals surface area contributed by atoms with E-state index in [0.29, 0.717) is 24.7 Å². The van der Waals surface area contributed by atoms with Crippen molar-refractivity contribution in [1.29, 1.82) is 0 Å². The van der Waals surface area contributed by atoms with Crippen molar-refractivity contribution in [2.75, 3.05) is 30.2 Å². The number of anilines is 2. The Morgan fingerprint density at radius 2 is 1.85 bits per heavy atom. The topological polar surface area (TPSA) is 98.7 Å². The van der Waals surface area contributed by atoms with Crippen LogP contribution in [0.5, 0.6) is 0 Å². The second kappa shape index (κ2) is 10.1. The smallest absolute Gasteiger partial charge is 0.338 e. The number of hydrogen-bond donors (Lipinski definition) is 3. The van der Waals surface area contributed by atoms with Crippen LogP contribution in [0.3, 0.4) is 0 Å². The van der Waals surface area contributed by atoms with E-state index in [1.54, 1.807) is 30.3 Å². The Hall–Kier alpha value is -2.58. The lowest BCUT2D eigenvalue weighted by Gasteiger charge is -2.20. The van der Waals surface area contributed by atoms with Crippen molar-refractivity contribution >= 4 is 27.4 Å². The molecule has 7 nitrogen and oxygen atoms in total. The molecule has 178 valence electrons. The zero-order valence-electron chi connectivity index (χ0n) is 19.1. The number of carboxylic acid groups (broad SMARTS) is 1. The minimum absolute atomic E-state index is 0.0766. The van der Waals surface area contributed by atoms with Gasteiger partial charge in [0.05, 0.1) is 16.9 Å². The molecule has 1 aliphatic heterocycles. The maximum atomic E-state index is 13.4. The summed E-state index contributed by atoms with van der Waals surface area (Å²) >= 11 is 0. The fourth-order valence-corrected chi connectivity index (χ4v) is 6.36. The maximum Gasteiger partial charge on any atom is 0.338 e. The van der Waals surface area contributed by atoms with Crippen LogP contribution in [0.2, 0.25) is 0 Å². The molecular weight excluding hydrogens is 438 g/mol. The number of nitrogens with zero attached hydrogens (tertiary/aromatic N) is 1. The monoisotopic (exact) mass is 471 g/mol. The summed E-state index contributed by atoms with van der Waals surface area (Å²) in [6, 6.07) is 10.8. The Morgan fingerprint density at radius 1 is 1.06 bits per heavy atom. The number of nitrogens with one attached hydrogen (secondary N) is 2. The fourth-order valence-electron chi connectivity index (χ4n) is 5.10.